The second-order valence-corrected chi connectivity index (χ2v) is 6.72. The summed E-state index contributed by atoms with van der Waals surface area (Å²) >= 11 is 0. The molecule has 0 spiro atoms. The maximum Gasteiger partial charge on any atom is 0.285 e. The normalized spacial score (nSPS) is 16.5. The first-order chi connectivity index (χ1) is 10.5. The predicted octanol–water partition coefficient (Wildman–Crippen LogP) is 3.58. The molecule has 0 amide bonds. The fourth-order valence-corrected chi connectivity index (χ4v) is 3.88. The van der Waals surface area contributed by atoms with Crippen molar-refractivity contribution >= 4 is 26.5 Å². The third kappa shape index (κ3) is 2.55. The zero-order valence-corrected chi connectivity index (χ0v) is 13.2. The van der Waals surface area contributed by atoms with Crippen LogP contribution in [0, 0.1) is 6.92 Å². The van der Waals surface area contributed by atoms with Crippen LogP contribution >= 0.6 is 0 Å². The molecule has 0 saturated heterocycles. The van der Waals surface area contributed by atoms with Crippen LogP contribution in [0.4, 0.5) is 5.69 Å². The molecule has 0 saturated carbocycles. The Balaban J connectivity index is 2.04. The van der Waals surface area contributed by atoms with Crippen molar-refractivity contribution in [3.8, 4) is 0 Å². The Labute approximate surface area is 130 Å². The van der Waals surface area contributed by atoms with E-state index in [9.17, 15) is 8.42 Å². The number of anilines is 1. The van der Waals surface area contributed by atoms with Crippen LogP contribution in [0.2, 0.25) is 0 Å². The SMILES string of the molecule is CC1=C(c2ccccc2)S(=O)(=O)N=C1Nc1ccccc1C. The largest absolute Gasteiger partial charge is 0.339 e. The van der Waals surface area contributed by atoms with Gasteiger partial charge in [0, 0.05) is 11.3 Å². The third-order valence-corrected chi connectivity index (χ3v) is 5.08. The van der Waals surface area contributed by atoms with Crippen LogP contribution in [0.3, 0.4) is 0 Å². The Morgan fingerprint density at radius 2 is 1.55 bits per heavy atom. The summed E-state index contributed by atoms with van der Waals surface area (Å²) in [5.41, 5.74) is 3.17. The summed E-state index contributed by atoms with van der Waals surface area (Å²) in [5.74, 6) is 0.383. The lowest BCUT2D eigenvalue weighted by molar-refractivity contribution is 0.608. The standard InChI is InChI=1S/C17H16N2O2S/c1-12-8-6-7-11-15(12)18-17-13(2)16(22(20,21)19-17)14-9-4-3-5-10-14/h3-11H,1-2H3,(H,18,19). The summed E-state index contributed by atoms with van der Waals surface area (Å²) in [7, 11) is -3.67. The number of hydrogen-bond donors (Lipinski definition) is 1. The van der Waals surface area contributed by atoms with Crippen molar-refractivity contribution in [1.82, 2.24) is 0 Å². The smallest absolute Gasteiger partial charge is 0.285 e. The molecule has 0 fully saturated rings. The van der Waals surface area contributed by atoms with E-state index in [2.05, 4.69) is 9.71 Å². The molecule has 112 valence electrons. The molecule has 5 heteroatoms. The van der Waals surface area contributed by atoms with Crippen molar-refractivity contribution in [3.05, 3.63) is 71.3 Å². The summed E-state index contributed by atoms with van der Waals surface area (Å²) in [6.45, 7) is 3.74. The van der Waals surface area contributed by atoms with Gasteiger partial charge in [-0.15, -0.1) is 4.40 Å². The second-order valence-electron chi connectivity index (χ2n) is 5.18. The van der Waals surface area contributed by atoms with Gasteiger partial charge in [-0.1, -0.05) is 48.5 Å². The first kappa shape index (κ1) is 14.5. The van der Waals surface area contributed by atoms with Gasteiger partial charge in [-0.3, -0.25) is 0 Å². The summed E-state index contributed by atoms with van der Waals surface area (Å²) in [6, 6.07) is 16.7. The lowest BCUT2D eigenvalue weighted by atomic mass is 10.1. The summed E-state index contributed by atoms with van der Waals surface area (Å²) in [4.78, 5) is 0.268. The van der Waals surface area contributed by atoms with E-state index in [-0.39, 0.29) is 4.91 Å². The number of amidine groups is 1. The number of nitrogens with zero attached hydrogens (tertiary/aromatic N) is 1. The van der Waals surface area contributed by atoms with Gasteiger partial charge in [0.1, 0.15) is 10.7 Å². The molecule has 0 atom stereocenters. The first-order valence-electron chi connectivity index (χ1n) is 6.93. The van der Waals surface area contributed by atoms with Gasteiger partial charge >= 0.3 is 0 Å². The molecule has 0 bridgehead atoms. The van der Waals surface area contributed by atoms with Crippen LogP contribution < -0.4 is 5.32 Å². The van der Waals surface area contributed by atoms with Gasteiger partial charge in [-0.05, 0) is 31.0 Å². The Kier molecular flexibility index (Phi) is 3.58. The third-order valence-electron chi connectivity index (χ3n) is 3.60. The van der Waals surface area contributed by atoms with Crippen molar-refractivity contribution in [2.45, 2.75) is 13.8 Å². The van der Waals surface area contributed by atoms with E-state index < -0.39 is 10.0 Å². The average molecular weight is 312 g/mol. The highest BCUT2D eigenvalue weighted by atomic mass is 32.2. The highest BCUT2D eigenvalue weighted by molar-refractivity contribution is 8.00. The molecule has 2 aromatic carbocycles. The summed E-state index contributed by atoms with van der Waals surface area (Å²) in [5, 5.41) is 3.13. The molecule has 0 aliphatic carbocycles. The van der Waals surface area contributed by atoms with Crippen molar-refractivity contribution in [1.29, 1.82) is 0 Å². The molecule has 0 radical (unpaired) electrons. The van der Waals surface area contributed by atoms with Crippen molar-refractivity contribution in [3.63, 3.8) is 0 Å². The number of rotatable bonds is 2. The van der Waals surface area contributed by atoms with E-state index in [0.717, 1.165) is 11.3 Å². The zero-order valence-electron chi connectivity index (χ0n) is 12.4. The Morgan fingerprint density at radius 1 is 0.909 bits per heavy atom. The number of nitrogens with one attached hydrogen (secondary N) is 1. The van der Waals surface area contributed by atoms with Crippen molar-refractivity contribution in [2.75, 3.05) is 5.32 Å². The minimum Gasteiger partial charge on any atom is -0.339 e. The van der Waals surface area contributed by atoms with Crippen LogP contribution in [-0.2, 0) is 10.0 Å². The number of sulfonamides is 1. The fraction of sp³-hybridized carbons (Fsp3) is 0.118. The Bertz CT molecular complexity index is 882. The van der Waals surface area contributed by atoms with Gasteiger partial charge < -0.3 is 5.32 Å². The lowest BCUT2D eigenvalue weighted by Crippen LogP contribution is -2.12. The Morgan fingerprint density at radius 3 is 2.23 bits per heavy atom. The number of benzene rings is 2. The average Bonchev–Trinajstić information content (AvgIpc) is 2.71. The molecule has 4 nitrogen and oxygen atoms in total. The van der Waals surface area contributed by atoms with E-state index >= 15 is 0 Å². The molecule has 1 aliphatic heterocycles. The molecule has 0 aromatic heterocycles. The van der Waals surface area contributed by atoms with Crippen LogP contribution in [0.5, 0.6) is 0 Å². The second kappa shape index (κ2) is 5.42. The van der Waals surface area contributed by atoms with Gasteiger partial charge in [0.25, 0.3) is 10.0 Å². The number of aryl methyl sites for hydroxylation is 1. The quantitative estimate of drug-likeness (QED) is 0.922. The first-order valence-corrected chi connectivity index (χ1v) is 8.37. The molecular formula is C17H16N2O2S. The van der Waals surface area contributed by atoms with E-state index in [1.54, 1.807) is 19.1 Å². The molecule has 1 aliphatic rings. The van der Waals surface area contributed by atoms with Gasteiger partial charge in [-0.2, -0.15) is 8.42 Å². The van der Waals surface area contributed by atoms with Crippen molar-refractivity contribution in [2.24, 2.45) is 4.40 Å². The Hall–Kier alpha value is -2.40. The molecule has 2 aromatic rings. The van der Waals surface area contributed by atoms with E-state index in [1.807, 2.05) is 49.4 Å². The van der Waals surface area contributed by atoms with Crippen LogP contribution in [0.25, 0.3) is 4.91 Å². The van der Waals surface area contributed by atoms with E-state index in [0.29, 0.717) is 17.0 Å². The zero-order chi connectivity index (χ0) is 15.7. The minimum absolute atomic E-state index is 0.268. The number of para-hydroxylation sites is 1. The van der Waals surface area contributed by atoms with Crippen LogP contribution in [0.1, 0.15) is 18.1 Å². The lowest BCUT2D eigenvalue weighted by Gasteiger charge is -2.09. The number of hydrogen-bond acceptors (Lipinski definition) is 3. The van der Waals surface area contributed by atoms with E-state index in [4.69, 9.17) is 0 Å². The predicted molar refractivity (Wildman–Crippen MR) is 90.2 cm³/mol. The van der Waals surface area contributed by atoms with E-state index in [1.165, 1.54) is 0 Å². The van der Waals surface area contributed by atoms with Gasteiger partial charge in [0.2, 0.25) is 0 Å². The van der Waals surface area contributed by atoms with Gasteiger partial charge in [0.05, 0.1) is 0 Å². The monoisotopic (exact) mass is 312 g/mol. The molecular weight excluding hydrogens is 296 g/mol. The van der Waals surface area contributed by atoms with Crippen LogP contribution in [-0.4, -0.2) is 14.3 Å². The van der Waals surface area contributed by atoms with Gasteiger partial charge in [0.15, 0.2) is 0 Å². The molecule has 3 rings (SSSR count). The molecule has 1 N–H and O–H groups in total. The highest BCUT2D eigenvalue weighted by Gasteiger charge is 2.30. The van der Waals surface area contributed by atoms with Crippen molar-refractivity contribution < 1.29 is 8.42 Å². The molecule has 22 heavy (non-hydrogen) atoms. The topological polar surface area (TPSA) is 58.5 Å². The molecule has 1 heterocycles. The van der Waals surface area contributed by atoms with Crippen LogP contribution in [0.15, 0.2) is 64.6 Å². The minimum atomic E-state index is -3.67. The summed E-state index contributed by atoms with van der Waals surface area (Å²) < 4.78 is 28.6. The maximum absolute atomic E-state index is 12.4. The fourth-order valence-electron chi connectivity index (χ4n) is 2.45. The molecule has 0 unspecified atom stereocenters. The maximum atomic E-state index is 12.4. The van der Waals surface area contributed by atoms with Gasteiger partial charge in [-0.25, -0.2) is 0 Å². The summed E-state index contributed by atoms with van der Waals surface area (Å²) in [6.07, 6.45) is 0. The highest BCUT2D eigenvalue weighted by Crippen LogP contribution is 2.33.